The molecule has 0 heterocycles. The van der Waals surface area contributed by atoms with Crippen molar-refractivity contribution in [3.8, 4) is 0 Å². The highest BCUT2D eigenvalue weighted by Crippen LogP contribution is 2.15. The quantitative estimate of drug-likeness (QED) is 0.0249. The summed E-state index contributed by atoms with van der Waals surface area (Å²) < 4.78 is 5.80. The third-order valence-electron chi connectivity index (χ3n) is 9.72. The van der Waals surface area contributed by atoms with Gasteiger partial charge in [-0.1, -0.05) is 214 Å². The van der Waals surface area contributed by atoms with Crippen molar-refractivity contribution in [3.05, 3.63) is 109 Å². The van der Waals surface area contributed by atoms with Crippen LogP contribution in [0.25, 0.3) is 0 Å². The Morgan fingerprint density at radius 3 is 1.60 bits per heavy atom. The highest BCUT2D eigenvalue weighted by atomic mass is 16.5. The lowest BCUT2D eigenvalue weighted by Gasteiger charge is -2.24. The second-order valence-electron chi connectivity index (χ2n) is 15.2. The topological polar surface area (TPSA) is 95.9 Å². The van der Waals surface area contributed by atoms with Crippen molar-refractivity contribution >= 4 is 11.9 Å². The van der Waals surface area contributed by atoms with Crippen molar-refractivity contribution in [1.82, 2.24) is 5.32 Å². The first-order valence-electron chi connectivity index (χ1n) is 23.2. The molecule has 6 heteroatoms. The summed E-state index contributed by atoms with van der Waals surface area (Å²) in [6.45, 7) is 6.23. The van der Waals surface area contributed by atoms with Crippen LogP contribution in [-0.2, 0) is 14.3 Å². The third kappa shape index (κ3) is 39.4. The number of amides is 1. The Balaban J connectivity index is 4.91. The number of rotatable bonds is 39. The summed E-state index contributed by atoms with van der Waals surface area (Å²) in [5.41, 5.74) is 0. The zero-order valence-corrected chi connectivity index (χ0v) is 37.1. The number of nitrogens with one attached hydrogen (secondary N) is 1. The van der Waals surface area contributed by atoms with Crippen molar-refractivity contribution in [1.29, 1.82) is 0 Å². The maximum atomic E-state index is 13.1. The fraction of sp³-hybridized carbons (Fsp3) is 0.615. The third-order valence-corrected chi connectivity index (χ3v) is 9.72. The molecular weight excluding hydrogens is 719 g/mol. The molecule has 58 heavy (non-hydrogen) atoms. The fourth-order valence-corrected chi connectivity index (χ4v) is 6.20. The van der Waals surface area contributed by atoms with Crippen LogP contribution in [0.15, 0.2) is 109 Å². The Hall–Kier alpha value is -3.48. The van der Waals surface area contributed by atoms with E-state index in [0.717, 1.165) is 57.8 Å². The van der Waals surface area contributed by atoms with Gasteiger partial charge in [-0.3, -0.25) is 9.59 Å². The van der Waals surface area contributed by atoms with Gasteiger partial charge in [0.15, 0.2) is 0 Å². The van der Waals surface area contributed by atoms with Gasteiger partial charge >= 0.3 is 5.97 Å². The lowest BCUT2D eigenvalue weighted by atomic mass is 10.0. The molecule has 1 amide bonds. The van der Waals surface area contributed by atoms with Gasteiger partial charge in [-0.15, -0.1) is 0 Å². The van der Waals surface area contributed by atoms with E-state index in [1.165, 1.54) is 70.6 Å². The zero-order chi connectivity index (χ0) is 42.4. The van der Waals surface area contributed by atoms with E-state index in [2.05, 4.69) is 68.6 Å². The molecule has 6 nitrogen and oxygen atoms in total. The fourth-order valence-electron chi connectivity index (χ4n) is 6.20. The van der Waals surface area contributed by atoms with Crippen molar-refractivity contribution in [2.45, 2.75) is 200 Å². The van der Waals surface area contributed by atoms with E-state index in [9.17, 15) is 19.8 Å². The van der Waals surface area contributed by atoms with Gasteiger partial charge in [0.2, 0.25) is 5.91 Å². The largest absolute Gasteiger partial charge is 0.461 e. The Morgan fingerprint density at radius 2 is 1.03 bits per heavy atom. The average Bonchev–Trinajstić information content (AvgIpc) is 3.22. The minimum Gasteiger partial charge on any atom is -0.461 e. The Labute approximate surface area is 356 Å². The second kappa shape index (κ2) is 44.6. The molecule has 0 aromatic heterocycles. The molecule has 3 atom stereocenters. The number of unbranched alkanes of at least 4 members (excludes halogenated alkanes) is 14. The van der Waals surface area contributed by atoms with Gasteiger partial charge < -0.3 is 20.3 Å². The van der Waals surface area contributed by atoms with E-state index in [1.807, 2.05) is 66.8 Å². The first-order chi connectivity index (χ1) is 28.5. The number of aliphatic hydroxyl groups is 2. The summed E-state index contributed by atoms with van der Waals surface area (Å²) in [5.74, 6) is -0.679. The molecular formula is C52H85NO5. The zero-order valence-electron chi connectivity index (χ0n) is 37.1. The Bertz CT molecular complexity index is 1220. The molecule has 328 valence electrons. The molecule has 0 radical (unpaired) electrons. The van der Waals surface area contributed by atoms with Gasteiger partial charge in [0.1, 0.15) is 6.10 Å². The molecule has 0 fully saturated rings. The van der Waals surface area contributed by atoms with Crippen molar-refractivity contribution in [2.24, 2.45) is 0 Å². The lowest BCUT2D eigenvalue weighted by Crippen LogP contribution is -2.46. The van der Waals surface area contributed by atoms with Crippen LogP contribution in [0.2, 0.25) is 0 Å². The lowest BCUT2D eigenvalue weighted by molar-refractivity contribution is -0.150. The van der Waals surface area contributed by atoms with Crippen LogP contribution in [0.3, 0.4) is 0 Å². The number of ether oxygens (including phenoxy) is 1. The molecule has 0 spiro atoms. The number of esters is 1. The molecule has 0 rings (SSSR count). The molecule has 0 bridgehead atoms. The molecule has 0 aromatic rings. The predicted octanol–water partition coefficient (Wildman–Crippen LogP) is 13.6. The second-order valence-corrected chi connectivity index (χ2v) is 15.2. The average molecular weight is 804 g/mol. The van der Waals surface area contributed by atoms with Crippen molar-refractivity contribution in [3.63, 3.8) is 0 Å². The highest BCUT2D eigenvalue weighted by Gasteiger charge is 2.23. The van der Waals surface area contributed by atoms with Crippen LogP contribution in [0.1, 0.15) is 181 Å². The molecule has 0 aliphatic rings. The van der Waals surface area contributed by atoms with Gasteiger partial charge in [-0.2, -0.15) is 0 Å². The van der Waals surface area contributed by atoms with E-state index in [-0.39, 0.29) is 31.3 Å². The first kappa shape index (κ1) is 54.5. The summed E-state index contributed by atoms with van der Waals surface area (Å²) in [7, 11) is 0. The molecule has 0 aliphatic carbocycles. The number of hydrogen-bond acceptors (Lipinski definition) is 5. The van der Waals surface area contributed by atoms with Crippen LogP contribution in [0.4, 0.5) is 0 Å². The Kier molecular flexibility index (Phi) is 41.9. The summed E-state index contributed by atoms with van der Waals surface area (Å²) >= 11 is 0. The van der Waals surface area contributed by atoms with Gasteiger partial charge in [0, 0.05) is 12.8 Å². The van der Waals surface area contributed by atoms with E-state index in [0.29, 0.717) is 19.3 Å². The molecule has 3 N–H and O–H groups in total. The molecule has 0 aromatic carbocycles. The maximum Gasteiger partial charge on any atom is 0.306 e. The first-order valence-corrected chi connectivity index (χ1v) is 23.2. The number of carbonyl (C=O) groups is 2. The predicted molar refractivity (Wildman–Crippen MR) is 250 cm³/mol. The van der Waals surface area contributed by atoms with Crippen molar-refractivity contribution in [2.75, 3.05) is 6.61 Å². The smallest absolute Gasteiger partial charge is 0.306 e. The normalized spacial score (nSPS) is 14.4. The van der Waals surface area contributed by atoms with Gasteiger partial charge in [0.05, 0.1) is 25.2 Å². The SMILES string of the molecule is CC/C=C/C=C/C=C\C=C/C=C/CCCC(=O)OC(C/C=C\C/C=C\C/C=C\C/C=C\CCCCC)CC(=O)NC(CO)C(O)CCCCCCCCCCCCC. The highest BCUT2D eigenvalue weighted by molar-refractivity contribution is 5.77. The van der Waals surface area contributed by atoms with Crippen LogP contribution < -0.4 is 5.32 Å². The standard InChI is InChI=1S/C52H85NO5/c1-4-7-10-13-16-19-22-24-25-27-29-31-34-37-40-43-48(58-52(57)45-42-39-36-33-30-26-23-20-17-14-11-8-5-2)46-51(56)53-49(47-54)50(55)44-41-38-35-32-28-21-18-15-12-9-6-3/h8,11,14,16-17,19-20,23-26,29-31,33,36-37,40,48-50,54-55H,4-7,9-10,12-13,15,18,21-22,27-28,32,34-35,38-39,41-47H2,1-3H3,(H,53,56)/b11-8+,17-14+,19-16-,23-20-,25-24-,30-26-,31-29-,36-33+,40-37-. The van der Waals surface area contributed by atoms with Crippen LogP contribution in [-0.4, -0.2) is 46.9 Å². The number of hydrogen-bond donors (Lipinski definition) is 3. The van der Waals surface area contributed by atoms with Gasteiger partial charge in [-0.05, 0) is 57.8 Å². The molecule has 0 saturated carbocycles. The Morgan fingerprint density at radius 1 is 0.552 bits per heavy atom. The molecule has 3 unspecified atom stereocenters. The molecule has 0 saturated heterocycles. The summed E-state index contributed by atoms with van der Waals surface area (Å²) in [4.78, 5) is 25.9. The monoisotopic (exact) mass is 804 g/mol. The minimum atomic E-state index is -0.828. The summed E-state index contributed by atoms with van der Waals surface area (Å²) in [5, 5.41) is 23.6. The van der Waals surface area contributed by atoms with E-state index in [4.69, 9.17) is 4.74 Å². The van der Waals surface area contributed by atoms with Gasteiger partial charge in [0.25, 0.3) is 0 Å². The summed E-state index contributed by atoms with van der Waals surface area (Å²) in [6, 6.07) is -0.751. The van der Waals surface area contributed by atoms with E-state index >= 15 is 0 Å². The van der Waals surface area contributed by atoms with Crippen molar-refractivity contribution < 1.29 is 24.5 Å². The molecule has 0 aliphatic heterocycles. The van der Waals surface area contributed by atoms with Gasteiger partial charge in [-0.25, -0.2) is 0 Å². The minimum absolute atomic E-state index is 0.0340. The van der Waals surface area contributed by atoms with Crippen LogP contribution in [0.5, 0.6) is 0 Å². The summed E-state index contributed by atoms with van der Waals surface area (Å²) in [6.07, 6.45) is 60.2. The van der Waals surface area contributed by atoms with E-state index < -0.39 is 18.2 Å². The van der Waals surface area contributed by atoms with Crippen LogP contribution >= 0.6 is 0 Å². The number of allylic oxidation sites excluding steroid dienone is 17. The number of aliphatic hydroxyl groups excluding tert-OH is 2. The van der Waals surface area contributed by atoms with Crippen LogP contribution in [0, 0.1) is 0 Å². The maximum absolute atomic E-state index is 13.1. The number of carbonyl (C=O) groups excluding carboxylic acids is 2. The van der Waals surface area contributed by atoms with E-state index in [1.54, 1.807) is 0 Å².